The summed E-state index contributed by atoms with van der Waals surface area (Å²) >= 11 is 0. The molecule has 0 radical (unpaired) electrons. The Balaban J connectivity index is 2.15. The highest BCUT2D eigenvalue weighted by atomic mass is 19.1. The van der Waals surface area contributed by atoms with E-state index in [2.05, 4.69) is 5.32 Å². The number of hydrogen-bond acceptors (Lipinski definition) is 3. The molecule has 2 aromatic rings. The van der Waals surface area contributed by atoms with Crippen molar-refractivity contribution in [2.45, 2.75) is 6.42 Å². The zero-order chi connectivity index (χ0) is 15.4. The van der Waals surface area contributed by atoms with Gasteiger partial charge in [0, 0.05) is 11.3 Å². The number of halogens is 1. The minimum absolute atomic E-state index is 0.0324. The highest BCUT2D eigenvalue weighted by molar-refractivity contribution is 6.04. The fourth-order valence-electron chi connectivity index (χ4n) is 1.81. The maximum absolute atomic E-state index is 13.3. The van der Waals surface area contributed by atoms with Gasteiger partial charge in [-0.15, -0.1) is 0 Å². The number of carboxylic acid groups (broad SMARTS) is 1. The summed E-state index contributed by atoms with van der Waals surface area (Å²) in [6, 6.07) is 10.2. The van der Waals surface area contributed by atoms with E-state index in [0.29, 0.717) is 11.3 Å². The van der Waals surface area contributed by atoms with Gasteiger partial charge in [-0.25, -0.2) is 4.39 Å². The van der Waals surface area contributed by atoms with Gasteiger partial charge >= 0.3 is 5.97 Å². The first-order chi connectivity index (χ1) is 9.95. The molecular formula is C15H13FN2O3. The number of aliphatic carboxylic acids is 1. The molecule has 0 atom stereocenters. The van der Waals surface area contributed by atoms with E-state index in [4.69, 9.17) is 10.8 Å². The predicted molar refractivity (Wildman–Crippen MR) is 76.5 cm³/mol. The van der Waals surface area contributed by atoms with Crippen molar-refractivity contribution in [3.8, 4) is 0 Å². The maximum atomic E-state index is 13.3. The molecule has 0 saturated carbocycles. The van der Waals surface area contributed by atoms with Crippen LogP contribution < -0.4 is 11.1 Å². The van der Waals surface area contributed by atoms with Crippen LogP contribution in [0.2, 0.25) is 0 Å². The van der Waals surface area contributed by atoms with Gasteiger partial charge in [-0.1, -0.05) is 12.1 Å². The van der Waals surface area contributed by atoms with Crippen molar-refractivity contribution in [2.24, 2.45) is 0 Å². The lowest BCUT2D eigenvalue weighted by Crippen LogP contribution is -2.13. The summed E-state index contributed by atoms with van der Waals surface area (Å²) in [5.41, 5.74) is 6.44. The normalized spacial score (nSPS) is 10.1. The Hall–Kier alpha value is -2.89. The van der Waals surface area contributed by atoms with Crippen molar-refractivity contribution >= 4 is 23.3 Å². The summed E-state index contributed by atoms with van der Waals surface area (Å²) in [6.45, 7) is 0. The number of nitrogens with two attached hydrogens (primary N) is 1. The Morgan fingerprint density at radius 2 is 1.95 bits per heavy atom. The van der Waals surface area contributed by atoms with Crippen LogP contribution in [-0.2, 0) is 11.2 Å². The molecule has 0 aromatic heterocycles. The lowest BCUT2D eigenvalue weighted by atomic mass is 10.1. The van der Waals surface area contributed by atoms with Gasteiger partial charge in [-0.3, -0.25) is 9.59 Å². The van der Waals surface area contributed by atoms with Crippen LogP contribution >= 0.6 is 0 Å². The van der Waals surface area contributed by atoms with Crippen LogP contribution in [0.3, 0.4) is 0 Å². The minimum atomic E-state index is -0.959. The summed E-state index contributed by atoms with van der Waals surface area (Å²) in [7, 11) is 0. The third kappa shape index (κ3) is 3.79. The number of benzene rings is 2. The average Bonchev–Trinajstić information content (AvgIpc) is 2.41. The number of carboxylic acids is 1. The zero-order valence-electron chi connectivity index (χ0n) is 11.0. The maximum Gasteiger partial charge on any atom is 0.307 e. The van der Waals surface area contributed by atoms with Crippen molar-refractivity contribution < 1.29 is 19.1 Å². The fourth-order valence-corrected chi connectivity index (χ4v) is 1.81. The molecule has 0 bridgehead atoms. The number of anilines is 2. The van der Waals surface area contributed by atoms with Crippen LogP contribution in [-0.4, -0.2) is 17.0 Å². The van der Waals surface area contributed by atoms with E-state index >= 15 is 0 Å². The third-order valence-electron chi connectivity index (χ3n) is 2.80. The van der Waals surface area contributed by atoms with Crippen LogP contribution in [0.5, 0.6) is 0 Å². The second-order valence-electron chi connectivity index (χ2n) is 4.46. The van der Waals surface area contributed by atoms with E-state index in [0.717, 1.165) is 6.07 Å². The Labute approximate surface area is 120 Å². The molecule has 0 unspecified atom stereocenters. The molecule has 5 nitrogen and oxygen atoms in total. The van der Waals surface area contributed by atoms with Gasteiger partial charge in [0.1, 0.15) is 5.82 Å². The number of rotatable bonds is 4. The van der Waals surface area contributed by atoms with Crippen molar-refractivity contribution in [3.63, 3.8) is 0 Å². The molecule has 0 spiro atoms. The first-order valence-electron chi connectivity index (χ1n) is 6.13. The van der Waals surface area contributed by atoms with E-state index in [1.165, 1.54) is 12.1 Å². The predicted octanol–water partition coefficient (Wildman–Crippen LogP) is 2.29. The second-order valence-corrected chi connectivity index (χ2v) is 4.46. The number of carbonyl (C=O) groups excluding carboxylic acids is 1. The summed E-state index contributed by atoms with van der Waals surface area (Å²) in [5.74, 6) is -2.12. The second kappa shape index (κ2) is 6.04. The number of nitrogens with one attached hydrogen (secondary N) is 1. The third-order valence-corrected chi connectivity index (χ3v) is 2.80. The number of hydrogen-bond donors (Lipinski definition) is 3. The molecule has 2 aromatic carbocycles. The van der Waals surface area contributed by atoms with Crippen molar-refractivity contribution in [1.29, 1.82) is 0 Å². The molecular weight excluding hydrogens is 275 g/mol. The molecule has 108 valence electrons. The van der Waals surface area contributed by atoms with Crippen molar-refractivity contribution in [2.75, 3.05) is 11.1 Å². The van der Waals surface area contributed by atoms with Crippen LogP contribution in [0, 0.1) is 5.82 Å². The zero-order valence-corrected chi connectivity index (χ0v) is 11.0. The van der Waals surface area contributed by atoms with Crippen LogP contribution in [0.4, 0.5) is 15.8 Å². The smallest absolute Gasteiger partial charge is 0.307 e. The van der Waals surface area contributed by atoms with E-state index < -0.39 is 17.7 Å². The highest BCUT2D eigenvalue weighted by Crippen LogP contribution is 2.15. The molecule has 1 amide bonds. The van der Waals surface area contributed by atoms with Crippen molar-refractivity contribution in [3.05, 3.63) is 59.4 Å². The largest absolute Gasteiger partial charge is 0.481 e. The monoisotopic (exact) mass is 288 g/mol. The lowest BCUT2D eigenvalue weighted by Gasteiger charge is -2.07. The summed E-state index contributed by atoms with van der Waals surface area (Å²) in [4.78, 5) is 22.6. The fraction of sp³-hybridized carbons (Fsp3) is 0.0667. The Morgan fingerprint density at radius 1 is 1.19 bits per heavy atom. The summed E-state index contributed by atoms with van der Waals surface area (Å²) in [6.07, 6.45) is -0.139. The lowest BCUT2D eigenvalue weighted by molar-refractivity contribution is -0.136. The van der Waals surface area contributed by atoms with Crippen LogP contribution in [0.25, 0.3) is 0 Å². The summed E-state index contributed by atoms with van der Waals surface area (Å²) in [5, 5.41) is 11.3. The molecule has 0 fully saturated rings. The molecule has 2 rings (SSSR count). The van der Waals surface area contributed by atoms with Crippen LogP contribution in [0.1, 0.15) is 15.9 Å². The summed E-state index contributed by atoms with van der Waals surface area (Å²) < 4.78 is 13.3. The quantitative estimate of drug-likeness (QED) is 0.752. The van der Waals surface area contributed by atoms with E-state index in [1.54, 1.807) is 24.3 Å². The average molecular weight is 288 g/mol. The van der Waals surface area contributed by atoms with E-state index in [9.17, 15) is 14.0 Å². The standard InChI is InChI=1S/C15H13FN2O3/c16-12-8-10(4-5-13(12)17)15(21)18-11-3-1-2-9(6-11)7-14(19)20/h1-6,8H,7,17H2,(H,18,21)(H,19,20). The van der Waals surface area contributed by atoms with Crippen molar-refractivity contribution in [1.82, 2.24) is 0 Å². The molecule has 21 heavy (non-hydrogen) atoms. The topological polar surface area (TPSA) is 92.4 Å². The number of nitrogen functional groups attached to an aromatic ring is 1. The molecule has 0 aliphatic heterocycles. The molecule has 0 saturated heterocycles. The Kier molecular flexibility index (Phi) is 4.18. The Bertz CT molecular complexity index is 701. The molecule has 0 aliphatic carbocycles. The molecule has 6 heteroatoms. The van der Waals surface area contributed by atoms with Gasteiger partial charge in [-0.05, 0) is 35.9 Å². The van der Waals surface area contributed by atoms with Gasteiger partial charge < -0.3 is 16.2 Å². The first kappa shape index (κ1) is 14.5. The molecule has 0 aliphatic rings. The SMILES string of the molecule is Nc1ccc(C(=O)Nc2cccc(CC(=O)O)c2)cc1F. The van der Waals surface area contributed by atoms with Crippen LogP contribution in [0.15, 0.2) is 42.5 Å². The van der Waals surface area contributed by atoms with E-state index in [1.807, 2.05) is 0 Å². The van der Waals surface area contributed by atoms with E-state index in [-0.39, 0.29) is 17.7 Å². The molecule has 0 heterocycles. The minimum Gasteiger partial charge on any atom is -0.481 e. The van der Waals surface area contributed by atoms with Gasteiger partial charge in [0.05, 0.1) is 12.1 Å². The van der Waals surface area contributed by atoms with Gasteiger partial charge in [-0.2, -0.15) is 0 Å². The Morgan fingerprint density at radius 3 is 2.62 bits per heavy atom. The van der Waals surface area contributed by atoms with Gasteiger partial charge in [0.15, 0.2) is 0 Å². The number of carbonyl (C=O) groups is 2. The highest BCUT2D eigenvalue weighted by Gasteiger charge is 2.09. The first-order valence-corrected chi connectivity index (χ1v) is 6.13. The molecule has 4 N–H and O–H groups in total. The van der Waals surface area contributed by atoms with Gasteiger partial charge in [0.2, 0.25) is 0 Å². The van der Waals surface area contributed by atoms with Gasteiger partial charge in [0.25, 0.3) is 5.91 Å². The number of amides is 1.